The van der Waals surface area contributed by atoms with Crippen LogP contribution in [-0.4, -0.2) is 38.4 Å². The highest BCUT2D eigenvalue weighted by Crippen LogP contribution is 2.24. The average Bonchev–Trinajstić information content (AvgIpc) is 2.90. The predicted octanol–water partition coefficient (Wildman–Crippen LogP) is 1.86. The van der Waals surface area contributed by atoms with Gasteiger partial charge in [-0.25, -0.2) is 22.3 Å². The number of halogens is 1. The highest BCUT2D eigenvalue weighted by atomic mass is 32.2. The number of H-pyrrole nitrogens is 1. The number of esters is 1. The summed E-state index contributed by atoms with van der Waals surface area (Å²) in [6.07, 6.45) is 0. The molecule has 0 aliphatic heterocycles. The van der Waals surface area contributed by atoms with Gasteiger partial charge in [0.15, 0.2) is 0 Å². The number of benzene rings is 1. The Balaban J connectivity index is 2.19. The predicted molar refractivity (Wildman–Crippen MR) is 96.4 cm³/mol. The van der Waals surface area contributed by atoms with E-state index in [1.54, 1.807) is 13.8 Å². The van der Waals surface area contributed by atoms with Gasteiger partial charge < -0.3 is 15.0 Å². The van der Waals surface area contributed by atoms with Gasteiger partial charge in [-0.1, -0.05) is 12.1 Å². The second-order valence-electron chi connectivity index (χ2n) is 5.65. The Bertz CT molecular complexity index is 969. The average molecular weight is 397 g/mol. The second kappa shape index (κ2) is 8.31. The molecule has 3 N–H and O–H groups in total. The number of aromatic nitrogens is 1. The van der Waals surface area contributed by atoms with Gasteiger partial charge in [0.2, 0.25) is 15.9 Å². The molecule has 0 aliphatic carbocycles. The summed E-state index contributed by atoms with van der Waals surface area (Å²) in [5.41, 5.74) is 0.388. The second-order valence-corrected chi connectivity index (χ2v) is 7.36. The number of carbonyl (C=O) groups excluding carboxylic acids is 2. The van der Waals surface area contributed by atoms with Crippen LogP contribution in [0.3, 0.4) is 0 Å². The number of hydrogen-bond acceptors (Lipinski definition) is 5. The quantitative estimate of drug-likeness (QED) is 0.617. The van der Waals surface area contributed by atoms with E-state index in [0.717, 1.165) is 6.07 Å². The summed E-state index contributed by atoms with van der Waals surface area (Å²) in [4.78, 5) is 26.6. The van der Waals surface area contributed by atoms with E-state index in [1.807, 2.05) is 0 Å². The first kappa shape index (κ1) is 20.6. The summed E-state index contributed by atoms with van der Waals surface area (Å²) in [7, 11) is -4.20. The third kappa shape index (κ3) is 4.72. The number of hydrogen-bond donors (Lipinski definition) is 3. The van der Waals surface area contributed by atoms with Gasteiger partial charge in [-0.05, 0) is 32.9 Å². The lowest BCUT2D eigenvalue weighted by Gasteiger charge is -2.10. The normalized spacial score (nSPS) is 11.3. The molecule has 27 heavy (non-hydrogen) atoms. The molecule has 8 nitrogen and oxygen atoms in total. The standard InChI is InChI=1S/C17H20FN3O5S/c1-4-26-17(23)15-10(2)20-11(3)16(15)27(24,25)19-9-14(22)21-13-8-6-5-7-12(13)18/h5-8,19-20H,4,9H2,1-3H3,(H,21,22). The Hall–Kier alpha value is -2.72. The number of ether oxygens (including phenoxy) is 1. The van der Waals surface area contributed by atoms with Crippen molar-refractivity contribution in [3.8, 4) is 0 Å². The Morgan fingerprint density at radius 3 is 2.48 bits per heavy atom. The number of anilines is 1. The fourth-order valence-electron chi connectivity index (χ4n) is 2.53. The van der Waals surface area contributed by atoms with Crippen molar-refractivity contribution in [2.75, 3.05) is 18.5 Å². The number of sulfonamides is 1. The number of rotatable bonds is 7. The first-order valence-corrected chi connectivity index (χ1v) is 9.56. The number of amides is 1. The lowest BCUT2D eigenvalue weighted by atomic mass is 10.2. The monoisotopic (exact) mass is 397 g/mol. The summed E-state index contributed by atoms with van der Waals surface area (Å²) in [6, 6.07) is 5.50. The van der Waals surface area contributed by atoms with Crippen LogP contribution < -0.4 is 10.0 Å². The first-order chi connectivity index (χ1) is 12.7. The lowest BCUT2D eigenvalue weighted by Crippen LogP contribution is -2.34. The molecule has 1 aromatic carbocycles. The number of para-hydroxylation sites is 1. The van der Waals surface area contributed by atoms with Crippen molar-refractivity contribution in [2.24, 2.45) is 0 Å². The first-order valence-electron chi connectivity index (χ1n) is 8.07. The van der Waals surface area contributed by atoms with Gasteiger partial charge in [0.25, 0.3) is 0 Å². The smallest absolute Gasteiger partial charge is 0.341 e. The van der Waals surface area contributed by atoms with Crippen molar-refractivity contribution >= 4 is 27.6 Å². The van der Waals surface area contributed by atoms with Crippen molar-refractivity contribution in [3.05, 3.63) is 47.0 Å². The minimum absolute atomic E-state index is 0.0671. The van der Waals surface area contributed by atoms with Crippen LogP contribution in [0.1, 0.15) is 28.7 Å². The minimum Gasteiger partial charge on any atom is -0.462 e. The highest BCUT2D eigenvalue weighted by molar-refractivity contribution is 7.89. The molecule has 0 atom stereocenters. The van der Waals surface area contributed by atoms with Crippen molar-refractivity contribution < 1.29 is 27.1 Å². The molecule has 0 saturated heterocycles. The molecule has 0 spiro atoms. The van der Waals surface area contributed by atoms with Gasteiger partial charge in [-0.15, -0.1) is 0 Å². The molecule has 2 aromatic rings. The van der Waals surface area contributed by atoms with Crippen LogP contribution in [0.5, 0.6) is 0 Å². The highest BCUT2D eigenvalue weighted by Gasteiger charge is 2.30. The number of carbonyl (C=O) groups is 2. The van der Waals surface area contributed by atoms with E-state index in [9.17, 15) is 22.4 Å². The van der Waals surface area contributed by atoms with Crippen LogP contribution in [0.15, 0.2) is 29.2 Å². The van der Waals surface area contributed by atoms with E-state index in [2.05, 4.69) is 15.0 Å². The van der Waals surface area contributed by atoms with Gasteiger partial charge >= 0.3 is 5.97 Å². The molecule has 0 fully saturated rings. The van der Waals surface area contributed by atoms with Crippen molar-refractivity contribution in [1.82, 2.24) is 9.71 Å². The zero-order valence-corrected chi connectivity index (χ0v) is 15.9. The fourth-order valence-corrected chi connectivity index (χ4v) is 3.96. The molecular weight excluding hydrogens is 377 g/mol. The van der Waals surface area contributed by atoms with E-state index in [-0.39, 0.29) is 28.4 Å². The van der Waals surface area contributed by atoms with E-state index >= 15 is 0 Å². The van der Waals surface area contributed by atoms with Crippen LogP contribution in [0.25, 0.3) is 0 Å². The largest absolute Gasteiger partial charge is 0.462 e. The molecular formula is C17H20FN3O5S. The third-order valence-electron chi connectivity index (χ3n) is 3.64. The molecule has 0 aliphatic rings. The topological polar surface area (TPSA) is 117 Å². The maximum atomic E-state index is 13.6. The molecule has 0 saturated carbocycles. The van der Waals surface area contributed by atoms with Crippen LogP contribution in [0, 0.1) is 19.7 Å². The van der Waals surface area contributed by atoms with Gasteiger partial charge in [0, 0.05) is 11.4 Å². The molecule has 1 heterocycles. The summed E-state index contributed by atoms with van der Waals surface area (Å²) in [6.45, 7) is 4.09. The molecule has 0 bridgehead atoms. The maximum absolute atomic E-state index is 13.6. The van der Waals surface area contributed by atoms with Crippen LogP contribution in [0.2, 0.25) is 0 Å². The van der Waals surface area contributed by atoms with Gasteiger partial charge in [-0.3, -0.25) is 4.79 Å². The molecule has 10 heteroatoms. The Morgan fingerprint density at radius 1 is 1.19 bits per heavy atom. The summed E-state index contributed by atoms with van der Waals surface area (Å²) in [5, 5.41) is 2.27. The number of nitrogens with one attached hydrogen (secondary N) is 3. The summed E-state index contributed by atoms with van der Waals surface area (Å²) >= 11 is 0. The number of aryl methyl sites for hydroxylation is 2. The minimum atomic E-state index is -4.20. The molecule has 0 unspecified atom stereocenters. The van der Waals surface area contributed by atoms with Crippen LogP contribution in [-0.2, 0) is 19.6 Å². The van der Waals surface area contributed by atoms with E-state index in [1.165, 1.54) is 25.1 Å². The zero-order valence-electron chi connectivity index (χ0n) is 15.1. The van der Waals surface area contributed by atoms with Crippen molar-refractivity contribution in [1.29, 1.82) is 0 Å². The van der Waals surface area contributed by atoms with Crippen molar-refractivity contribution in [2.45, 2.75) is 25.7 Å². The van der Waals surface area contributed by atoms with Gasteiger partial charge in [-0.2, -0.15) is 0 Å². The summed E-state index contributed by atoms with van der Waals surface area (Å²) in [5.74, 6) is -2.18. The molecule has 146 valence electrons. The molecule has 1 aromatic heterocycles. The Kier molecular flexibility index (Phi) is 6.34. The fraction of sp³-hybridized carbons (Fsp3) is 0.294. The Morgan fingerprint density at radius 2 is 1.85 bits per heavy atom. The van der Waals surface area contributed by atoms with Crippen LogP contribution in [0.4, 0.5) is 10.1 Å². The SMILES string of the molecule is CCOC(=O)c1c(C)[nH]c(C)c1S(=O)(=O)NCC(=O)Nc1ccccc1F. The van der Waals surface area contributed by atoms with E-state index in [0.29, 0.717) is 5.69 Å². The zero-order chi connectivity index (χ0) is 20.2. The molecule has 1 amide bonds. The van der Waals surface area contributed by atoms with E-state index in [4.69, 9.17) is 4.74 Å². The number of aromatic amines is 1. The van der Waals surface area contributed by atoms with Crippen LogP contribution >= 0.6 is 0 Å². The van der Waals surface area contributed by atoms with Gasteiger partial charge in [0.1, 0.15) is 16.3 Å². The van der Waals surface area contributed by atoms with Crippen molar-refractivity contribution in [3.63, 3.8) is 0 Å². The molecule has 2 rings (SSSR count). The molecule has 0 radical (unpaired) electrons. The summed E-state index contributed by atoms with van der Waals surface area (Å²) < 4.78 is 45.8. The Labute approximate surface area is 156 Å². The lowest BCUT2D eigenvalue weighted by molar-refractivity contribution is -0.115. The van der Waals surface area contributed by atoms with E-state index < -0.39 is 34.3 Å². The maximum Gasteiger partial charge on any atom is 0.341 e. The van der Waals surface area contributed by atoms with Gasteiger partial charge in [0.05, 0.1) is 18.8 Å². The third-order valence-corrected chi connectivity index (χ3v) is 5.21.